The smallest absolute Gasteiger partial charge is 0.347 e. The van der Waals surface area contributed by atoms with E-state index < -0.39 is 16.2 Å². The Morgan fingerprint density at radius 1 is 1.16 bits per heavy atom. The minimum atomic E-state index is -0.659. The highest BCUT2D eigenvalue weighted by atomic mass is 32.1. The summed E-state index contributed by atoms with van der Waals surface area (Å²) < 4.78 is 1.20. The predicted molar refractivity (Wildman–Crippen MR) is 94.7 cm³/mol. The van der Waals surface area contributed by atoms with Gasteiger partial charge in [0.05, 0.1) is 4.92 Å². The number of piperazine rings is 1. The summed E-state index contributed by atoms with van der Waals surface area (Å²) in [5.41, 5.74) is -0.741. The van der Waals surface area contributed by atoms with Crippen molar-refractivity contribution in [3.8, 4) is 0 Å². The van der Waals surface area contributed by atoms with Crippen LogP contribution in [0.1, 0.15) is 0 Å². The summed E-state index contributed by atoms with van der Waals surface area (Å²) in [6, 6.07) is 5.06. The Labute approximate surface area is 145 Å². The largest absolute Gasteiger partial charge is 0.376 e. The lowest BCUT2D eigenvalue weighted by Crippen LogP contribution is -2.47. The Hall–Kier alpha value is -3.01. The third-order valence-electron chi connectivity index (χ3n) is 4.14. The molecular formula is C15H14N6O3S. The number of thiazole rings is 1. The number of nitrogens with zero attached hydrogens (tertiary/aromatic N) is 6. The van der Waals surface area contributed by atoms with Crippen molar-refractivity contribution in [3.63, 3.8) is 0 Å². The third-order valence-corrected chi connectivity index (χ3v) is 4.98. The maximum Gasteiger partial charge on any atom is 0.376 e. The second-order valence-electron chi connectivity index (χ2n) is 5.56. The van der Waals surface area contributed by atoms with Gasteiger partial charge in [0.1, 0.15) is 5.65 Å². The summed E-state index contributed by atoms with van der Waals surface area (Å²) in [7, 11) is 0. The fourth-order valence-corrected chi connectivity index (χ4v) is 3.63. The van der Waals surface area contributed by atoms with Gasteiger partial charge in [0.25, 0.3) is 0 Å². The summed E-state index contributed by atoms with van der Waals surface area (Å²) in [5, 5.41) is 14.3. The maximum absolute atomic E-state index is 12.5. The van der Waals surface area contributed by atoms with Gasteiger partial charge < -0.3 is 9.80 Å². The van der Waals surface area contributed by atoms with Gasteiger partial charge in [-0.3, -0.25) is 19.3 Å². The van der Waals surface area contributed by atoms with Crippen molar-refractivity contribution >= 4 is 33.6 Å². The van der Waals surface area contributed by atoms with Crippen molar-refractivity contribution in [2.75, 3.05) is 36.0 Å². The van der Waals surface area contributed by atoms with Crippen LogP contribution in [0.3, 0.4) is 0 Å². The Balaban J connectivity index is 1.71. The first-order valence-corrected chi connectivity index (χ1v) is 8.58. The van der Waals surface area contributed by atoms with E-state index in [1.54, 1.807) is 40.6 Å². The van der Waals surface area contributed by atoms with E-state index in [1.165, 1.54) is 10.6 Å². The van der Waals surface area contributed by atoms with E-state index in [-0.39, 0.29) is 5.82 Å². The minimum Gasteiger partial charge on any atom is -0.347 e. The van der Waals surface area contributed by atoms with Crippen LogP contribution in [0, 0.1) is 10.1 Å². The highest BCUT2D eigenvalue weighted by molar-refractivity contribution is 7.13. The molecule has 1 aliphatic rings. The molecule has 1 aliphatic heterocycles. The van der Waals surface area contributed by atoms with Gasteiger partial charge in [0, 0.05) is 44.0 Å². The number of hydrogen-bond acceptors (Lipinski definition) is 8. The molecule has 4 heterocycles. The van der Waals surface area contributed by atoms with Crippen molar-refractivity contribution < 1.29 is 4.92 Å². The quantitative estimate of drug-likeness (QED) is 0.515. The van der Waals surface area contributed by atoms with Crippen molar-refractivity contribution in [1.82, 2.24) is 14.4 Å². The summed E-state index contributed by atoms with van der Waals surface area (Å²) in [6.45, 7) is 2.41. The van der Waals surface area contributed by atoms with Gasteiger partial charge in [0.2, 0.25) is 5.82 Å². The number of fused-ring (bicyclic) bond motifs is 1. The fraction of sp³-hybridized carbons (Fsp3) is 0.267. The van der Waals surface area contributed by atoms with Crippen LogP contribution < -0.4 is 15.4 Å². The zero-order chi connectivity index (χ0) is 17.4. The molecule has 0 saturated carbocycles. The Bertz CT molecular complexity index is 979. The number of nitro groups is 1. The molecule has 0 bridgehead atoms. The minimum absolute atomic E-state index is 0.139. The molecule has 0 aliphatic carbocycles. The van der Waals surface area contributed by atoms with Gasteiger partial charge in [0.15, 0.2) is 5.13 Å². The van der Waals surface area contributed by atoms with Crippen LogP contribution in [0.5, 0.6) is 0 Å². The lowest BCUT2D eigenvalue weighted by molar-refractivity contribution is -0.385. The SMILES string of the molecule is O=c1c([N+](=O)[O-])c(N2CCN(c3nccs3)CC2)nc2ccccn12. The molecule has 0 radical (unpaired) electrons. The van der Waals surface area contributed by atoms with E-state index in [9.17, 15) is 14.9 Å². The van der Waals surface area contributed by atoms with Gasteiger partial charge >= 0.3 is 11.2 Å². The maximum atomic E-state index is 12.5. The first kappa shape index (κ1) is 15.5. The molecule has 9 nitrogen and oxygen atoms in total. The second-order valence-corrected chi connectivity index (χ2v) is 6.44. The molecule has 0 N–H and O–H groups in total. The standard InChI is InChI=1S/C15H14N6O3S/c22-14-12(21(23)24)13(17-11-3-1-2-5-20(11)14)18-6-8-19(9-7-18)15-16-4-10-25-15/h1-5,10H,6-9H2. The molecule has 4 rings (SSSR count). The number of anilines is 2. The van der Waals surface area contributed by atoms with E-state index >= 15 is 0 Å². The molecule has 128 valence electrons. The molecule has 10 heteroatoms. The van der Waals surface area contributed by atoms with E-state index in [0.29, 0.717) is 31.8 Å². The normalized spacial score (nSPS) is 14.9. The van der Waals surface area contributed by atoms with Crippen LogP contribution in [-0.2, 0) is 0 Å². The molecule has 1 fully saturated rings. The van der Waals surface area contributed by atoms with Crippen LogP contribution in [0.4, 0.5) is 16.6 Å². The average Bonchev–Trinajstić information content (AvgIpc) is 3.16. The molecule has 0 amide bonds. The Morgan fingerprint density at radius 3 is 2.60 bits per heavy atom. The zero-order valence-electron chi connectivity index (χ0n) is 13.1. The van der Waals surface area contributed by atoms with Crippen molar-refractivity contribution in [2.45, 2.75) is 0 Å². The average molecular weight is 358 g/mol. The molecule has 25 heavy (non-hydrogen) atoms. The van der Waals surface area contributed by atoms with Crippen LogP contribution in [0.2, 0.25) is 0 Å². The number of aromatic nitrogens is 3. The van der Waals surface area contributed by atoms with Crippen LogP contribution in [0.15, 0.2) is 40.8 Å². The van der Waals surface area contributed by atoms with Crippen molar-refractivity contribution in [2.24, 2.45) is 0 Å². The summed E-state index contributed by atoms with van der Waals surface area (Å²) in [5.74, 6) is 0.139. The summed E-state index contributed by atoms with van der Waals surface area (Å²) >= 11 is 1.56. The lowest BCUT2D eigenvalue weighted by Gasteiger charge is -2.34. The van der Waals surface area contributed by atoms with E-state index in [0.717, 1.165) is 5.13 Å². The molecule has 3 aromatic heterocycles. The zero-order valence-corrected chi connectivity index (χ0v) is 13.9. The van der Waals surface area contributed by atoms with Gasteiger partial charge in [-0.2, -0.15) is 0 Å². The molecule has 0 aromatic carbocycles. The Morgan fingerprint density at radius 2 is 1.92 bits per heavy atom. The second kappa shape index (κ2) is 6.13. The molecule has 1 saturated heterocycles. The first-order valence-electron chi connectivity index (χ1n) is 7.70. The molecule has 0 unspecified atom stereocenters. The highest BCUT2D eigenvalue weighted by Crippen LogP contribution is 2.26. The third kappa shape index (κ3) is 2.70. The van der Waals surface area contributed by atoms with Gasteiger partial charge in [-0.05, 0) is 12.1 Å². The van der Waals surface area contributed by atoms with Gasteiger partial charge in [-0.15, -0.1) is 11.3 Å². The molecule has 0 spiro atoms. The first-order chi connectivity index (χ1) is 12.1. The summed E-state index contributed by atoms with van der Waals surface area (Å²) in [4.78, 5) is 36.0. The van der Waals surface area contributed by atoms with Crippen molar-refractivity contribution in [3.05, 3.63) is 56.4 Å². The highest BCUT2D eigenvalue weighted by Gasteiger charge is 2.30. The van der Waals surface area contributed by atoms with Crippen molar-refractivity contribution in [1.29, 1.82) is 0 Å². The van der Waals surface area contributed by atoms with E-state index in [4.69, 9.17) is 0 Å². The van der Waals surface area contributed by atoms with E-state index in [2.05, 4.69) is 14.9 Å². The number of pyridine rings is 1. The van der Waals surface area contributed by atoms with Crippen LogP contribution in [0.25, 0.3) is 5.65 Å². The van der Waals surface area contributed by atoms with Crippen LogP contribution in [-0.4, -0.2) is 45.5 Å². The number of hydrogen-bond donors (Lipinski definition) is 0. The topological polar surface area (TPSA) is 96.9 Å². The summed E-state index contributed by atoms with van der Waals surface area (Å²) in [6.07, 6.45) is 3.24. The monoisotopic (exact) mass is 358 g/mol. The van der Waals surface area contributed by atoms with Gasteiger partial charge in [-0.25, -0.2) is 9.97 Å². The number of rotatable bonds is 3. The van der Waals surface area contributed by atoms with E-state index in [1.807, 2.05) is 5.38 Å². The van der Waals surface area contributed by atoms with Gasteiger partial charge in [-0.1, -0.05) is 6.07 Å². The lowest BCUT2D eigenvalue weighted by atomic mass is 10.3. The molecule has 3 aromatic rings. The van der Waals surface area contributed by atoms with Crippen LogP contribution >= 0.6 is 11.3 Å². The molecular weight excluding hydrogens is 344 g/mol. The molecule has 0 atom stereocenters. The predicted octanol–water partition coefficient (Wildman–Crippen LogP) is 1.39. The Kier molecular flexibility index (Phi) is 3.80. The fourth-order valence-electron chi connectivity index (χ4n) is 2.93.